The fraction of sp³-hybridized carbons (Fsp3) is 0.292. The van der Waals surface area contributed by atoms with Gasteiger partial charge in [-0.25, -0.2) is 9.67 Å². The average Bonchev–Trinajstić information content (AvgIpc) is 3.60. The summed E-state index contributed by atoms with van der Waals surface area (Å²) in [4.78, 5) is 22.9. The Morgan fingerprint density at radius 2 is 2.08 bits per heavy atom. The van der Waals surface area contributed by atoms with Gasteiger partial charge in [0.2, 0.25) is 11.8 Å². The Morgan fingerprint density at radius 1 is 1.25 bits per heavy atom. The highest BCUT2D eigenvalue weighted by molar-refractivity contribution is 5.94. The van der Waals surface area contributed by atoms with Gasteiger partial charge in [0.05, 0.1) is 37.6 Å². The highest BCUT2D eigenvalue weighted by Gasteiger charge is 2.43. The van der Waals surface area contributed by atoms with Crippen molar-refractivity contribution in [2.75, 3.05) is 25.5 Å². The van der Waals surface area contributed by atoms with E-state index >= 15 is 0 Å². The molecule has 1 atom stereocenters. The van der Waals surface area contributed by atoms with E-state index < -0.39 is 11.1 Å². The number of fused-ring (bicyclic) bond motifs is 3. The predicted octanol–water partition coefficient (Wildman–Crippen LogP) is 1.27. The molecular weight excluding hydrogens is 464 g/mol. The van der Waals surface area contributed by atoms with Gasteiger partial charge >= 0.3 is 0 Å². The zero-order valence-electron chi connectivity index (χ0n) is 19.7. The number of amides is 1. The molecule has 1 aliphatic heterocycles. The summed E-state index contributed by atoms with van der Waals surface area (Å²) in [6.07, 6.45) is 3.13. The maximum absolute atomic E-state index is 13.8. The van der Waals surface area contributed by atoms with Gasteiger partial charge in [0, 0.05) is 0 Å². The Balaban J connectivity index is 1.51. The van der Waals surface area contributed by atoms with Crippen molar-refractivity contribution in [2.45, 2.75) is 25.0 Å². The van der Waals surface area contributed by atoms with Gasteiger partial charge in [0.1, 0.15) is 5.60 Å². The largest absolute Gasteiger partial charge is 0.461 e. The average molecular weight is 489 g/mol. The summed E-state index contributed by atoms with van der Waals surface area (Å²) in [6.45, 7) is 4.08. The molecule has 4 aromatic heterocycles. The van der Waals surface area contributed by atoms with Crippen LogP contribution in [0.1, 0.15) is 18.1 Å². The molecule has 1 aliphatic rings. The quantitative estimate of drug-likeness (QED) is 0.320. The molecule has 4 N–H and O–H groups in total. The molecule has 1 fully saturated rings. The lowest BCUT2D eigenvalue weighted by atomic mass is 9.89. The maximum atomic E-state index is 13.8. The molecule has 0 aliphatic carbocycles. The maximum Gasteiger partial charge on any atom is 0.252 e. The van der Waals surface area contributed by atoms with Crippen LogP contribution in [-0.4, -0.2) is 65.7 Å². The molecule has 5 heterocycles. The molecule has 1 aromatic carbocycles. The van der Waals surface area contributed by atoms with E-state index in [0.717, 1.165) is 5.56 Å². The van der Waals surface area contributed by atoms with E-state index in [2.05, 4.69) is 25.5 Å². The van der Waals surface area contributed by atoms with Crippen LogP contribution in [-0.2, 0) is 15.1 Å². The molecule has 36 heavy (non-hydrogen) atoms. The van der Waals surface area contributed by atoms with Crippen molar-refractivity contribution in [1.29, 1.82) is 0 Å². The number of furan rings is 1. The van der Waals surface area contributed by atoms with Gasteiger partial charge in [-0.2, -0.15) is 14.6 Å². The van der Waals surface area contributed by atoms with Crippen LogP contribution >= 0.6 is 0 Å². The zero-order chi connectivity index (χ0) is 25.1. The smallest absolute Gasteiger partial charge is 0.252 e. The number of aromatic nitrogens is 6. The number of aryl methyl sites for hydroxylation is 1. The number of hydrogen-bond donors (Lipinski definition) is 3. The van der Waals surface area contributed by atoms with Gasteiger partial charge < -0.3 is 25.3 Å². The minimum Gasteiger partial charge on any atom is -0.461 e. The van der Waals surface area contributed by atoms with Gasteiger partial charge in [-0.3, -0.25) is 4.79 Å². The predicted molar refractivity (Wildman–Crippen MR) is 129 cm³/mol. The van der Waals surface area contributed by atoms with E-state index in [9.17, 15) is 9.90 Å². The number of benzene rings is 1. The SMILES string of the molecule is Cc1cccc(C(C)(C(=O)NCC2(O)COC2)n2ncc3c2nc(N)n2nc(-c4ccco4)nc32)c1. The number of anilines is 1. The number of nitrogens with two attached hydrogens (primary N) is 1. The first-order valence-electron chi connectivity index (χ1n) is 11.4. The molecule has 0 bridgehead atoms. The van der Waals surface area contributed by atoms with Crippen LogP contribution in [0, 0.1) is 6.92 Å². The third-order valence-corrected chi connectivity index (χ3v) is 6.54. The number of nitrogen functional groups attached to an aromatic ring is 1. The van der Waals surface area contributed by atoms with E-state index in [-0.39, 0.29) is 31.6 Å². The molecule has 0 spiro atoms. The van der Waals surface area contributed by atoms with Crippen LogP contribution < -0.4 is 11.1 Å². The number of carbonyl (C=O) groups excluding carboxylic acids is 1. The van der Waals surface area contributed by atoms with Crippen LogP contribution in [0.4, 0.5) is 5.95 Å². The summed E-state index contributed by atoms with van der Waals surface area (Å²) in [5, 5.41) is 22.9. The van der Waals surface area contributed by atoms with Gasteiger partial charge in [-0.05, 0) is 31.5 Å². The Bertz CT molecular complexity index is 1600. The normalized spacial score (nSPS) is 16.6. The fourth-order valence-corrected chi connectivity index (χ4v) is 4.40. The van der Waals surface area contributed by atoms with Gasteiger partial charge in [0.15, 0.2) is 22.6 Å². The number of aliphatic hydroxyl groups is 1. The molecule has 5 aromatic rings. The van der Waals surface area contributed by atoms with E-state index in [1.807, 2.05) is 31.2 Å². The van der Waals surface area contributed by atoms with Crippen molar-refractivity contribution in [3.05, 3.63) is 60.0 Å². The van der Waals surface area contributed by atoms with E-state index in [1.54, 1.807) is 25.3 Å². The number of ether oxygens (including phenoxy) is 1. The molecule has 1 amide bonds. The van der Waals surface area contributed by atoms with E-state index in [1.165, 1.54) is 15.5 Å². The van der Waals surface area contributed by atoms with Crippen LogP contribution in [0.3, 0.4) is 0 Å². The minimum absolute atomic E-state index is 0.0446. The van der Waals surface area contributed by atoms with Crippen LogP contribution in [0.25, 0.3) is 28.3 Å². The Hall–Kier alpha value is -4.29. The van der Waals surface area contributed by atoms with Crippen LogP contribution in [0.5, 0.6) is 0 Å². The number of nitrogens with one attached hydrogen (secondary N) is 1. The summed E-state index contributed by atoms with van der Waals surface area (Å²) in [5.74, 6) is 0.554. The lowest BCUT2D eigenvalue weighted by Gasteiger charge is -2.38. The zero-order valence-corrected chi connectivity index (χ0v) is 19.7. The number of nitrogens with zero attached hydrogens (tertiary/aromatic N) is 6. The van der Waals surface area contributed by atoms with E-state index in [0.29, 0.717) is 33.8 Å². The topological polar surface area (TPSA) is 159 Å². The van der Waals surface area contributed by atoms with E-state index in [4.69, 9.17) is 14.9 Å². The molecule has 1 saturated heterocycles. The highest BCUT2D eigenvalue weighted by Crippen LogP contribution is 2.32. The molecule has 184 valence electrons. The number of hydrogen-bond acceptors (Lipinski definition) is 9. The molecule has 6 rings (SSSR count). The van der Waals surface area contributed by atoms with Crippen molar-refractivity contribution in [3.63, 3.8) is 0 Å². The summed E-state index contributed by atoms with van der Waals surface area (Å²) in [5.41, 5.74) is 6.33. The van der Waals surface area contributed by atoms with Gasteiger partial charge in [-0.15, -0.1) is 5.10 Å². The Labute approximate surface area is 204 Å². The number of rotatable bonds is 6. The first-order valence-corrected chi connectivity index (χ1v) is 11.4. The molecule has 12 nitrogen and oxygen atoms in total. The summed E-state index contributed by atoms with van der Waals surface area (Å²) < 4.78 is 13.5. The van der Waals surface area contributed by atoms with Gasteiger partial charge in [0.25, 0.3) is 5.91 Å². The summed E-state index contributed by atoms with van der Waals surface area (Å²) >= 11 is 0. The summed E-state index contributed by atoms with van der Waals surface area (Å²) in [6, 6.07) is 11.1. The molecular formula is C24H24N8O4. The van der Waals surface area contributed by atoms with Gasteiger partial charge in [-0.1, -0.05) is 29.8 Å². The van der Waals surface area contributed by atoms with Crippen molar-refractivity contribution >= 4 is 28.5 Å². The van der Waals surface area contributed by atoms with Crippen molar-refractivity contribution < 1.29 is 19.1 Å². The molecule has 12 heteroatoms. The molecule has 0 radical (unpaired) electrons. The highest BCUT2D eigenvalue weighted by atomic mass is 16.5. The fourth-order valence-electron chi connectivity index (χ4n) is 4.40. The summed E-state index contributed by atoms with van der Waals surface area (Å²) in [7, 11) is 0. The lowest BCUT2D eigenvalue weighted by Crippen LogP contribution is -2.59. The first-order chi connectivity index (χ1) is 17.3. The number of carbonyl (C=O) groups is 1. The Kier molecular flexibility index (Phi) is 4.85. The van der Waals surface area contributed by atoms with Crippen molar-refractivity contribution in [3.8, 4) is 11.6 Å². The Morgan fingerprint density at radius 3 is 2.78 bits per heavy atom. The van der Waals surface area contributed by atoms with Crippen LogP contribution in [0.2, 0.25) is 0 Å². The monoisotopic (exact) mass is 488 g/mol. The minimum atomic E-state index is -1.32. The second-order valence-electron chi connectivity index (χ2n) is 9.25. The lowest BCUT2D eigenvalue weighted by molar-refractivity contribution is -0.176. The second kappa shape index (κ2) is 7.86. The third kappa shape index (κ3) is 3.33. The van der Waals surface area contributed by atoms with Crippen molar-refractivity contribution in [1.82, 2.24) is 34.7 Å². The third-order valence-electron chi connectivity index (χ3n) is 6.54. The van der Waals surface area contributed by atoms with Crippen LogP contribution in [0.15, 0.2) is 53.3 Å². The first kappa shape index (κ1) is 22.2. The second-order valence-corrected chi connectivity index (χ2v) is 9.25. The molecule has 0 saturated carbocycles. The van der Waals surface area contributed by atoms with Crippen molar-refractivity contribution in [2.24, 2.45) is 0 Å². The standard InChI is InChI=1S/C24H24N8O4/c1-14-5-3-6-15(9-14)23(2,21(33)26-11-24(34)12-35-13-24)32-20-16(10-27-32)19-28-18(17-7-4-8-36-17)30-31(19)22(25)29-20/h3-10,34H,11-13H2,1-2H3,(H2,25,29)(H,26,33). The molecule has 1 unspecified atom stereocenters.